The normalized spacial score (nSPS) is 10.6. The molecule has 0 amide bonds. The summed E-state index contributed by atoms with van der Waals surface area (Å²) in [7, 11) is 3.07. The average Bonchev–Trinajstić information content (AvgIpc) is 2.42. The Morgan fingerprint density at radius 1 is 1.35 bits per heavy atom. The molecule has 0 unspecified atom stereocenters. The summed E-state index contributed by atoms with van der Waals surface area (Å²) in [6, 6.07) is 3.35. The molecule has 0 bridgehead atoms. The first-order valence-electron chi connectivity index (χ1n) is 6.01. The minimum Gasteiger partial charge on any atom is -0.493 e. The maximum absolute atomic E-state index is 12.5. The molecule has 106 valence electrons. The molecule has 1 aromatic heterocycles. The molecule has 1 heterocycles. The number of allylic oxidation sites excluding steroid dienone is 1. The van der Waals surface area contributed by atoms with Gasteiger partial charge in [-0.2, -0.15) is 0 Å². The lowest BCUT2D eigenvalue weighted by Crippen LogP contribution is -2.22. The number of nitrogens with one attached hydrogen (secondary N) is 1. The Hall–Kier alpha value is -2.08. The van der Waals surface area contributed by atoms with Crippen LogP contribution < -0.4 is 15.0 Å². The van der Waals surface area contributed by atoms with E-state index in [2.05, 4.69) is 11.6 Å². The molecule has 5 nitrogen and oxygen atoms in total. The van der Waals surface area contributed by atoms with Gasteiger partial charge in [-0.3, -0.25) is 9.36 Å². The third kappa shape index (κ3) is 2.46. The zero-order valence-corrected chi connectivity index (χ0v) is 12.5. The lowest BCUT2D eigenvalue weighted by atomic mass is 10.2. The Morgan fingerprint density at radius 3 is 2.50 bits per heavy atom. The van der Waals surface area contributed by atoms with Crippen LogP contribution in [0.3, 0.4) is 0 Å². The standard InChI is InChI=1S/C14H16N2O3S/c1-8(2)7-16-13(17)9-5-11(18-3)12(19-4)6-10(9)15-14(16)20/h5-6H,1,7H2,2-4H3,(H,15,20). The Morgan fingerprint density at radius 2 is 1.95 bits per heavy atom. The predicted molar refractivity (Wildman–Crippen MR) is 81.3 cm³/mol. The maximum Gasteiger partial charge on any atom is 0.262 e. The van der Waals surface area contributed by atoms with Crippen molar-refractivity contribution in [3.8, 4) is 11.5 Å². The second-order valence-corrected chi connectivity index (χ2v) is 4.92. The zero-order chi connectivity index (χ0) is 14.9. The van der Waals surface area contributed by atoms with Gasteiger partial charge in [0.05, 0.1) is 25.1 Å². The maximum atomic E-state index is 12.5. The number of aromatic amines is 1. The SMILES string of the molecule is C=C(C)Cn1c(=S)[nH]c2cc(OC)c(OC)cc2c1=O. The number of fused-ring (bicyclic) bond motifs is 1. The molecule has 0 saturated carbocycles. The Bertz CT molecular complexity index is 789. The highest BCUT2D eigenvalue weighted by Crippen LogP contribution is 2.29. The van der Waals surface area contributed by atoms with Crippen molar-refractivity contribution in [2.24, 2.45) is 0 Å². The zero-order valence-electron chi connectivity index (χ0n) is 11.6. The van der Waals surface area contributed by atoms with E-state index in [9.17, 15) is 4.79 Å². The molecule has 0 radical (unpaired) electrons. The average molecular weight is 292 g/mol. The molecule has 0 aliphatic rings. The number of hydrogen-bond donors (Lipinski definition) is 1. The summed E-state index contributed by atoms with van der Waals surface area (Å²) in [4.78, 5) is 15.5. The summed E-state index contributed by atoms with van der Waals surface area (Å²) in [5.74, 6) is 1.05. The van der Waals surface area contributed by atoms with Crippen molar-refractivity contribution in [3.63, 3.8) is 0 Å². The van der Waals surface area contributed by atoms with Gasteiger partial charge in [-0.25, -0.2) is 0 Å². The van der Waals surface area contributed by atoms with Crippen LogP contribution in [-0.4, -0.2) is 23.8 Å². The number of methoxy groups -OCH3 is 2. The van der Waals surface area contributed by atoms with Gasteiger partial charge in [0.25, 0.3) is 5.56 Å². The first-order valence-corrected chi connectivity index (χ1v) is 6.42. The number of ether oxygens (including phenoxy) is 2. The van der Waals surface area contributed by atoms with Crippen LogP contribution >= 0.6 is 12.2 Å². The van der Waals surface area contributed by atoms with E-state index in [0.29, 0.717) is 33.7 Å². The van der Waals surface area contributed by atoms with E-state index in [4.69, 9.17) is 21.7 Å². The van der Waals surface area contributed by atoms with Crippen LogP contribution in [0.25, 0.3) is 10.9 Å². The molecule has 1 N–H and O–H groups in total. The van der Waals surface area contributed by atoms with E-state index in [-0.39, 0.29) is 5.56 Å². The fourth-order valence-corrected chi connectivity index (χ4v) is 2.25. The molecule has 20 heavy (non-hydrogen) atoms. The van der Waals surface area contributed by atoms with Crippen molar-refractivity contribution in [2.45, 2.75) is 13.5 Å². The molecule has 6 heteroatoms. The molecule has 0 aliphatic carbocycles. The van der Waals surface area contributed by atoms with Crippen molar-refractivity contribution in [2.75, 3.05) is 14.2 Å². The molecule has 0 saturated heterocycles. The monoisotopic (exact) mass is 292 g/mol. The number of hydrogen-bond acceptors (Lipinski definition) is 4. The second kappa shape index (κ2) is 5.50. The van der Waals surface area contributed by atoms with Crippen LogP contribution in [0, 0.1) is 4.77 Å². The summed E-state index contributed by atoms with van der Waals surface area (Å²) in [6.07, 6.45) is 0. The largest absolute Gasteiger partial charge is 0.493 e. The molecule has 2 rings (SSSR count). The summed E-state index contributed by atoms with van der Waals surface area (Å²) in [6.45, 7) is 6.04. The molecular weight excluding hydrogens is 276 g/mol. The summed E-state index contributed by atoms with van der Waals surface area (Å²) in [5.41, 5.74) is 1.30. The van der Waals surface area contributed by atoms with Gasteiger partial charge in [0.15, 0.2) is 16.3 Å². The lowest BCUT2D eigenvalue weighted by molar-refractivity contribution is 0.355. The van der Waals surface area contributed by atoms with Crippen LogP contribution in [0.1, 0.15) is 6.92 Å². The van der Waals surface area contributed by atoms with Crippen LogP contribution in [0.2, 0.25) is 0 Å². The highest BCUT2D eigenvalue weighted by atomic mass is 32.1. The fourth-order valence-electron chi connectivity index (χ4n) is 1.99. The van der Waals surface area contributed by atoms with E-state index in [1.54, 1.807) is 19.2 Å². The minimum atomic E-state index is -0.173. The third-order valence-corrected chi connectivity index (χ3v) is 3.24. The van der Waals surface area contributed by atoms with E-state index in [0.717, 1.165) is 5.57 Å². The predicted octanol–water partition coefficient (Wildman–Crippen LogP) is 2.65. The third-order valence-electron chi connectivity index (χ3n) is 2.91. The molecule has 2 aromatic rings. The van der Waals surface area contributed by atoms with Crippen molar-refractivity contribution in [1.82, 2.24) is 9.55 Å². The molecule has 0 spiro atoms. The minimum absolute atomic E-state index is 0.173. The van der Waals surface area contributed by atoms with E-state index in [1.807, 2.05) is 6.92 Å². The summed E-state index contributed by atoms with van der Waals surface area (Å²) in [5, 5.41) is 0.498. The van der Waals surface area contributed by atoms with Gasteiger partial charge in [0, 0.05) is 12.6 Å². The van der Waals surface area contributed by atoms with Crippen LogP contribution in [0.15, 0.2) is 29.1 Å². The van der Waals surface area contributed by atoms with E-state index in [1.165, 1.54) is 11.7 Å². The van der Waals surface area contributed by atoms with Crippen LogP contribution in [-0.2, 0) is 6.54 Å². The second-order valence-electron chi connectivity index (χ2n) is 4.53. The fraction of sp³-hybridized carbons (Fsp3) is 0.286. The number of aromatic nitrogens is 2. The Labute approximate surface area is 121 Å². The van der Waals surface area contributed by atoms with Gasteiger partial charge in [0.1, 0.15) is 0 Å². The van der Waals surface area contributed by atoms with Gasteiger partial charge >= 0.3 is 0 Å². The number of H-pyrrole nitrogens is 1. The number of benzene rings is 1. The molecule has 0 aliphatic heterocycles. The van der Waals surface area contributed by atoms with Crippen LogP contribution in [0.4, 0.5) is 0 Å². The summed E-state index contributed by atoms with van der Waals surface area (Å²) < 4.78 is 12.3. The van der Waals surface area contributed by atoms with Gasteiger partial charge in [-0.15, -0.1) is 0 Å². The van der Waals surface area contributed by atoms with Gasteiger partial charge in [-0.1, -0.05) is 12.2 Å². The first-order chi connectivity index (χ1) is 9.47. The van der Waals surface area contributed by atoms with Crippen LogP contribution in [0.5, 0.6) is 11.5 Å². The van der Waals surface area contributed by atoms with Gasteiger partial charge in [0.2, 0.25) is 0 Å². The Kier molecular flexibility index (Phi) is 3.94. The first kappa shape index (κ1) is 14.3. The molecule has 1 aromatic carbocycles. The molecular formula is C14H16N2O3S. The van der Waals surface area contributed by atoms with Gasteiger partial charge < -0.3 is 14.5 Å². The number of nitrogens with zero attached hydrogens (tertiary/aromatic N) is 1. The molecule has 0 atom stereocenters. The lowest BCUT2D eigenvalue weighted by Gasteiger charge is -2.11. The highest BCUT2D eigenvalue weighted by molar-refractivity contribution is 7.71. The van der Waals surface area contributed by atoms with Crippen molar-refractivity contribution < 1.29 is 9.47 Å². The number of rotatable bonds is 4. The van der Waals surface area contributed by atoms with Gasteiger partial charge in [-0.05, 0) is 25.2 Å². The van der Waals surface area contributed by atoms with E-state index < -0.39 is 0 Å². The summed E-state index contributed by atoms with van der Waals surface area (Å²) >= 11 is 5.22. The quantitative estimate of drug-likeness (QED) is 0.695. The van der Waals surface area contributed by atoms with Crippen molar-refractivity contribution >= 4 is 23.1 Å². The highest BCUT2D eigenvalue weighted by Gasteiger charge is 2.11. The Balaban J connectivity index is 2.81. The smallest absolute Gasteiger partial charge is 0.262 e. The van der Waals surface area contributed by atoms with Crippen molar-refractivity contribution in [3.05, 3.63) is 39.4 Å². The van der Waals surface area contributed by atoms with Crippen molar-refractivity contribution in [1.29, 1.82) is 0 Å². The van der Waals surface area contributed by atoms with E-state index >= 15 is 0 Å². The topological polar surface area (TPSA) is 56.2 Å². The molecule has 0 fully saturated rings.